The third-order valence-corrected chi connectivity index (χ3v) is 7.47. The van der Waals surface area contributed by atoms with E-state index in [9.17, 15) is 14.4 Å². The molecule has 1 aromatic carbocycles. The first-order valence-electron chi connectivity index (χ1n) is 12.3. The third kappa shape index (κ3) is 5.03. The molecule has 1 N–H and O–H groups in total. The van der Waals surface area contributed by atoms with Crippen molar-refractivity contribution in [3.8, 4) is 17.2 Å². The van der Waals surface area contributed by atoms with Crippen molar-refractivity contribution in [1.29, 1.82) is 0 Å². The summed E-state index contributed by atoms with van der Waals surface area (Å²) in [7, 11) is 6.19. The molecule has 0 spiro atoms. The number of urea groups is 1. The van der Waals surface area contributed by atoms with Gasteiger partial charge in [-0.15, -0.1) is 0 Å². The highest BCUT2D eigenvalue weighted by Gasteiger charge is 2.42. The van der Waals surface area contributed by atoms with Crippen LogP contribution >= 0.6 is 0 Å². The van der Waals surface area contributed by atoms with E-state index in [1.54, 1.807) is 11.9 Å². The summed E-state index contributed by atoms with van der Waals surface area (Å²) in [5.41, 5.74) is 0.282. The Morgan fingerprint density at radius 3 is 2.37 bits per heavy atom. The number of rotatable bonds is 8. The van der Waals surface area contributed by atoms with E-state index < -0.39 is 18.0 Å². The van der Waals surface area contributed by atoms with Gasteiger partial charge in [-0.05, 0) is 44.7 Å². The summed E-state index contributed by atoms with van der Waals surface area (Å²) in [4.78, 5) is 44.2. The molecule has 0 saturated carbocycles. The molecule has 3 aliphatic heterocycles. The Labute approximate surface area is 206 Å². The Kier molecular flexibility index (Phi) is 7.69. The molecule has 0 aliphatic carbocycles. The molecular formula is C25H36N4O6. The molecule has 0 aromatic heterocycles. The fourth-order valence-corrected chi connectivity index (χ4v) is 5.68. The molecule has 3 aliphatic rings. The molecule has 10 heteroatoms. The molecule has 10 nitrogen and oxygen atoms in total. The van der Waals surface area contributed by atoms with Crippen molar-refractivity contribution in [1.82, 2.24) is 15.1 Å². The molecule has 35 heavy (non-hydrogen) atoms. The average molecular weight is 489 g/mol. The Morgan fingerprint density at radius 2 is 1.71 bits per heavy atom. The van der Waals surface area contributed by atoms with Crippen LogP contribution < -0.4 is 24.4 Å². The first-order valence-corrected chi connectivity index (χ1v) is 12.3. The van der Waals surface area contributed by atoms with E-state index in [0.717, 1.165) is 30.8 Å². The maximum Gasteiger partial charge on any atom is 0.329 e. The Balaban J connectivity index is 1.42. The molecule has 0 bridgehead atoms. The first kappa shape index (κ1) is 25.1. The molecule has 0 radical (unpaired) electrons. The van der Waals surface area contributed by atoms with Crippen molar-refractivity contribution in [3.05, 3.63) is 12.1 Å². The second-order valence-corrected chi connectivity index (χ2v) is 9.54. The van der Waals surface area contributed by atoms with Gasteiger partial charge < -0.3 is 29.3 Å². The highest BCUT2D eigenvalue weighted by Crippen LogP contribution is 2.41. The molecule has 1 aromatic rings. The lowest BCUT2D eigenvalue weighted by Crippen LogP contribution is -2.51. The number of ether oxygens (including phenoxy) is 3. The summed E-state index contributed by atoms with van der Waals surface area (Å²) in [5.74, 6) is 0.823. The van der Waals surface area contributed by atoms with Crippen LogP contribution in [0.4, 0.5) is 10.5 Å². The van der Waals surface area contributed by atoms with Crippen molar-refractivity contribution in [2.24, 2.45) is 5.92 Å². The number of hydrogen-bond acceptors (Lipinski definition) is 7. The topological polar surface area (TPSA) is 101 Å². The van der Waals surface area contributed by atoms with Gasteiger partial charge in [0.15, 0.2) is 11.5 Å². The standard InChI is InChI=1S/C25H36N4O6/c1-27(15-16-8-7-11-28-10-6-5-9-19(16)28)22(30)14-18-24(31)29(25(32)26-18)17-12-20(33-2)23(35-4)21(13-17)34-3/h12-13,16,18-19H,5-11,14-15H2,1-4H3,(H,26,32)/t16-,18-,19+/m1/s1. The molecule has 4 rings (SSSR count). The minimum Gasteiger partial charge on any atom is -0.493 e. The number of carbonyl (C=O) groups excluding carboxylic acids is 3. The first-order chi connectivity index (χ1) is 16.9. The molecule has 3 saturated heterocycles. The molecular weight excluding hydrogens is 452 g/mol. The maximum absolute atomic E-state index is 13.2. The van der Waals surface area contributed by atoms with Crippen molar-refractivity contribution in [2.75, 3.05) is 52.9 Å². The fraction of sp³-hybridized carbons (Fsp3) is 0.640. The molecule has 0 unspecified atom stereocenters. The van der Waals surface area contributed by atoms with Gasteiger partial charge in [0.05, 0.1) is 33.4 Å². The zero-order valence-electron chi connectivity index (χ0n) is 21.0. The van der Waals surface area contributed by atoms with E-state index in [2.05, 4.69) is 10.2 Å². The second-order valence-electron chi connectivity index (χ2n) is 9.54. The zero-order chi connectivity index (χ0) is 25.1. The lowest BCUT2D eigenvalue weighted by atomic mass is 9.83. The maximum atomic E-state index is 13.2. The number of amides is 4. The van der Waals surface area contributed by atoms with Gasteiger partial charge >= 0.3 is 6.03 Å². The monoisotopic (exact) mass is 488 g/mol. The van der Waals surface area contributed by atoms with Gasteiger partial charge in [0.25, 0.3) is 5.91 Å². The van der Waals surface area contributed by atoms with E-state index in [-0.39, 0.29) is 18.0 Å². The summed E-state index contributed by atoms with van der Waals surface area (Å²) in [6, 6.07) is 2.10. The number of benzene rings is 1. The van der Waals surface area contributed by atoms with Gasteiger partial charge in [0.2, 0.25) is 11.7 Å². The molecule has 192 valence electrons. The number of methoxy groups -OCH3 is 3. The van der Waals surface area contributed by atoms with Crippen molar-refractivity contribution in [2.45, 2.75) is 50.6 Å². The number of anilines is 1. The lowest BCUT2D eigenvalue weighted by Gasteiger charge is -2.45. The Morgan fingerprint density at radius 1 is 1.03 bits per heavy atom. The smallest absolute Gasteiger partial charge is 0.329 e. The SMILES string of the molecule is COc1cc(N2C(=O)N[C@H](CC(=O)N(C)C[C@H]3CCCN4CCCC[C@@H]34)C2=O)cc(OC)c1OC. The summed E-state index contributed by atoms with van der Waals surface area (Å²) >= 11 is 0. The summed E-state index contributed by atoms with van der Waals surface area (Å²) in [5, 5.41) is 2.66. The predicted molar refractivity (Wildman–Crippen MR) is 130 cm³/mol. The number of nitrogens with one attached hydrogen (secondary N) is 1. The van der Waals surface area contributed by atoms with Crippen LogP contribution in [0.1, 0.15) is 38.5 Å². The van der Waals surface area contributed by atoms with Gasteiger partial charge in [-0.3, -0.25) is 9.59 Å². The van der Waals surface area contributed by atoms with Crippen LogP contribution in [-0.4, -0.2) is 87.7 Å². The zero-order valence-corrected chi connectivity index (χ0v) is 21.0. The molecule has 4 amide bonds. The molecule has 3 heterocycles. The third-order valence-electron chi connectivity index (χ3n) is 7.47. The number of hydrogen-bond donors (Lipinski definition) is 1. The highest BCUT2D eigenvalue weighted by atomic mass is 16.5. The highest BCUT2D eigenvalue weighted by molar-refractivity contribution is 6.22. The molecule has 3 atom stereocenters. The normalized spacial score (nSPS) is 24.6. The minimum absolute atomic E-state index is 0.0803. The average Bonchev–Trinajstić information content (AvgIpc) is 3.15. The quantitative estimate of drug-likeness (QED) is 0.560. The van der Waals surface area contributed by atoms with E-state index in [1.165, 1.54) is 52.7 Å². The van der Waals surface area contributed by atoms with E-state index in [0.29, 0.717) is 35.8 Å². The van der Waals surface area contributed by atoms with Crippen LogP contribution in [0.15, 0.2) is 12.1 Å². The van der Waals surface area contributed by atoms with E-state index in [1.807, 2.05) is 0 Å². The van der Waals surface area contributed by atoms with Crippen LogP contribution in [0.3, 0.4) is 0 Å². The number of nitrogens with zero attached hydrogens (tertiary/aromatic N) is 3. The Hall–Kier alpha value is -3.01. The van der Waals surface area contributed by atoms with E-state index >= 15 is 0 Å². The van der Waals surface area contributed by atoms with Crippen molar-refractivity contribution >= 4 is 23.5 Å². The number of fused-ring (bicyclic) bond motifs is 1. The summed E-state index contributed by atoms with van der Waals surface area (Å²) in [6.45, 7) is 2.97. The Bertz CT molecular complexity index is 942. The van der Waals surface area contributed by atoms with Gasteiger partial charge in [0.1, 0.15) is 6.04 Å². The summed E-state index contributed by atoms with van der Waals surface area (Å²) in [6.07, 6.45) is 5.88. The van der Waals surface area contributed by atoms with Crippen LogP contribution in [0, 0.1) is 5.92 Å². The predicted octanol–water partition coefficient (Wildman–Crippen LogP) is 2.25. The van der Waals surface area contributed by atoms with Gasteiger partial charge in [-0.1, -0.05) is 6.42 Å². The van der Waals surface area contributed by atoms with Crippen molar-refractivity contribution in [3.63, 3.8) is 0 Å². The second kappa shape index (κ2) is 10.7. The van der Waals surface area contributed by atoms with E-state index in [4.69, 9.17) is 14.2 Å². The van der Waals surface area contributed by atoms with Crippen LogP contribution in [0.5, 0.6) is 17.2 Å². The van der Waals surface area contributed by atoms with Crippen LogP contribution in [0.2, 0.25) is 0 Å². The van der Waals surface area contributed by atoms with Crippen LogP contribution in [0.25, 0.3) is 0 Å². The van der Waals surface area contributed by atoms with Gasteiger partial charge in [0, 0.05) is 31.8 Å². The lowest BCUT2D eigenvalue weighted by molar-refractivity contribution is -0.133. The largest absolute Gasteiger partial charge is 0.493 e. The fourth-order valence-electron chi connectivity index (χ4n) is 5.68. The minimum atomic E-state index is -0.922. The number of piperidine rings is 2. The van der Waals surface area contributed by atoms with Gasteiger partial charge in [-0.2, -0.15) is 0 Å². The number of carbonyl (C=O) groups is 3. The van der Waals surface area contributed by atoms with Crippen molar-refractivity contribution < 1.29 is 28.6 Å². The van der Waals surface area contributed by atoms with Gasteiger partial charge in [-0.25, -0.2) is 9.69 Å². The molecule has 3 fully saturated rings. The van der Waals surface area contributed by atoms with Crippen LogP contribution in [-0.2, 0) is 9.59 Å². The summed E-state index contributed by atoms with van der Waals surface area (Å²) < 4.78 is 16.0. The number of imide groups is 1.